The maximum atomic E-state index is 13.4. The summed E-state index contributed by atoms with van der Waals surface area (Å²) in [6, 6.07) is 7.34. The second-order valence-electron chi connectivity index (χ2n) is 9.47. The van der Waals surface area contributed by atoms with Crippen LogP contribution in [-0.4, -0.2) is 59.3 Å². The summed E-state index contributed by atoms with van der Waals surface area (Å²) in [6.07, 6.45) is 6.69. The van der Waals surface area contributed by atoms with E-state index in [9.17, 15) is 13.2 Å². The van der Waals surface area contributed by atoms with E-state index in [1.54, 1.807) is 4.57 Å². The summed E-state index contributed by atoms with van der Waals surface area (Å²) in [5.74, 6) is 0.888. The molecular weight excluding hydrogens is 456 g/mol. The lowest BCUT2D eigenvalue weighted by atomic mass is 9.89. The Morgan fingerprint density at radius 1 is 1.15 bits per heavy atom. The van der Waals surface area contributed by atoms with Crippen LogP contribution in [0, 0.1) is 0 Å². The van der Waals surface area contributed by atoms with Gasteiger partial charge in [0.15, 0.2) is 15.7 Å². The van der Waals surface area contributed by atoms with Gasteiger partial charge in [0.05, 0.1) is 17.6 Å². The van der Waals surface area contributed by atoms with Gasteiger partial charge in [0.25, 0.3) is 0 Å². The first kappa shape index (κ1) is 24.3. The van der Waals surface area contributed by atoms with Crippen LogP contribution in [0.3, 0.4) is 0 Å². The first-order valence-corrected chi connectivity index (χ1v) is 13.6. The molecule has 0 saturated heterocycles. The summed E-state index contributed by atoms with van der Waals surface area (Å²) in [7, 11) is 0.525. The van der Waals surface area contributed by atoms with Gasteiger partial charge in [0.1, 0.15) is 23.7 Å². The molecule has 10 nitrogen and oxygen atoms in total. The number of para-hydroxylation sites is 2. The van der Waals surface area contributed by atoms with E-state index in [4.69, 9.17) is 4.52 Å². The number of rotatable bonds is 8. The Labute approximate surface area is 199 Å². The second-order valence-corrected chi connectivity index (χ2v) is 11.6. The molecule has 2 aromatic heterocycles. The highest BCUT2D eigenvalue weighted by Crippen LogP contribution is 2.35. The van der Waals surface area contributed by atoms with Crippen molar-refractivity contribution in [2.75, 3.05) is 20.4 Å². The molecule has 1 aliphatic carbocycles. The molecule has 3 aromatic rings. The summed E-state index contributed by atoms with van der Waals surface area (Å²) in [5, 5.41) is 7.46. The number of nitrogens with one attached hydrogen (secondary N) is 1. The largest absolute Gasteiger partial charge is 0.342 e. The molecule has 1 aliphatic rings. The van der Waals surface area contributed by atoms with Crippen LogP contribution in [0.15, 0.2) is 28.8 Å². The molecule has 0 bridgehead atoms. The number of hydrogen-bond donors (Lipinski definition) is 1. The van der Waals surface area contributed by atoms with Crippen molar-refractivity contribution in [1.29, 1.82) is 0 Å². The lowest BCUT2D eigenvalue weighted by molar-refractivity contribution is -0.124. The van der Waals surface area contributed by atoms with E-state index in [-0.39, 0.29) is 18.2 Å². The highest BCUT2D eigenvalue weighted by molar-refractivity contribution is 7.89. The summed E-state index contributed by atoms with van der Waals surface area (Å²) >= 11 is 0. The Hall–Kier alpha value is -2.79. The van der Waals surface area contributed by atoms with Crippen molar-refractivity contribution in [1.82, 2.24) is 29.9 Å². The zero-order chi connectivity index (χ0) is 24.3. The number of sulfone groups is 1. The van der Waals surface area contributed by atoms with Crippen LogP contribution >= 0.6 is 0 Å². The van der Waals surface area contributed by atoms with Crippen LogP contribution in [0.5, 0.6) is 0 Å². The summed E-state index contributed by atoms with van der Waals surface area (Å²) in [4.78, 5) is 24.5. The minimum absolute atomic E-state index is 0.0461. The van der Waals surface area contributed by atoms with Crippen LogP contribution in [0.4, 0.5) is 0 Å². The van der Waals surface area contributed by atoms with Gasteiger partial charge in [0.2, 0.25) is 11.8 Å². The maximum Gasteiger partial charge on any atom is 0.240 e. The first-order chi connectivity index (χ1) is 16.2. The molecule has 1 saturated carbocycles. The fourth-order valence-corrected chi connectivity index (χ4v) is 5.31. The van der Waals surface area contributed by atoms with Crippen molar-refractivity contribution in [3.63, 3.8) is 0 Å². The number of carbonyl (C=O) groups is 1. The maximum absolute atomic E-state index is 13.4. The third-order valence-corrected chi connectivity index (χ3v) is 6.89. The van der Waals surface area contributed by atoms with Crippen molar-refractivity contribution >= 4 is 26.8 Å². The van der Waals surface area contributed by atoms with Gasteiger partial charge in [-0.1, -0.05) is 43.0 Å². The van der Waals surface area contributed by atoms with Crippen LogP contribution in [0.1, 0.15) is 56.1 Å². The lowest BCUT2D eigenvalue weighted by Crippen LogP contribution is -2.47. The topological polar surface area (TPSA) is 123 Å². The molecule has 4 rings (SSSR count). The highest BCUT2D eigenvalue weighted by Gasteiger charge is 2.39. The number of hydrogen-bond acceptors (Lipinski definition) is 8. The van der Waals surface area contributed by atoms with Gasteiger partial charge < -0.3 is 19.3 Å². The molecule has 11 heteroatoms. The third kappa shape index (κ3) is 5.64. The van der Waals surface area contributed by atoms with Crippen LogP contribution in [0.25, 0.3) is 11.0 Å². The van der Waals surface area contributed by atoms with E-state index in [1.165, 1.54) is 6.26 Å². The zero-order valence-corrected chi connectivity index (χ0v) is 20.8. The van der Waals surface area contributed by atoms with Crippen molar-refractivity contribution < 1.29 is 17.7 Å². The molecule has 0 aliphatic heterocycles. The van der Waals surface area contributed by atoms with E-state index >= 15 is 0 Å². The normalized spacial score (nSPS) is 16.6. The first-order valence-electron chi connectivity index (χ1n) is 11.6. The monoisotopic (exact) mass is 488 g/mol. The Morgan fingerprint density at radius 2 is 1.85 bits per heavy atom. The number of aromatic nitrogens is 4. The Kier molecular flexibility index (Phi) is 7.04. The molecule has 2 heterocycles. The minimum Gasteiger partial charge on any atom is -0.342 e. The van der Waals surface area contributed by atoms with E-state index in [0.717, 1.165) is 44.0 Å². The second kappa shape index (κ2) is 9.83. The average molecular weight is 489 g/mol. The summed E-state index contributed by atoms with van der Waals surface area (Å²) < 4.78 is 31.2. The van der Waals surface area contributed by atoms with E-state index in [2.05, 4.69) is 20.4 Å². The quantitative estimate of drug-likeness (QED) is 0.480. The van der Waals surface area contributed by atoms with E-state index in [0.29, 0.717) is 29.6 Å². The van der Waals surface area contributed by atoms with Gasteiger partial charge in [-0.2, -0.15) is 4.98 Å². The minimum atomic E-state index is -3.33. The van der Waals surface area contributed by atoms with Crippen molar-refractivity contribution in [3.8, 4) is 0 Å². The van der Waals surface area contributed by atoms with Crippen molar-refractivity contribution in [2.24, 2.45) is 0 Å². The van der Waals surface area contributed by atoms with Gasteiger partial charge >= 0.3 is 0 Å². The molecule has 0 unspecified atom stereocenters. The number of nitrogens with zero attached hydrogens (tertiary/aromatic N) is 5. The molecule has 0 spiro atoms. The van der Waals surface area contributed by atoms with Crippen molar-refractivity contribution in [3.05, 3.63) is 41.8 Å². The highest BCUT2D eigenvalue weighted by atomic mass is 32.2. The smallest absolute Gasteiger partial charge is 0.240 e. The van der Waals surface area contributed by atoms with Gasteiger partial charge in [-0.05, 0) is 39.1 Å². The number of carbonyl (C=O) groups excluding carboxylic acids is 1. The number of imidazole rings is 1. The predicted molar refractivity (Wildman–Crippen MR) is 127 cm³/mol. The summed E-state index contributed by atoms with van der Waals surface area (Å²) in [6.45, 7) is 0.475. The van der Waals surface area contributed by atoms with Crippen LogP contribution < -0.4 is 5.32 Å². The molecule has 1 amide bonds. The average Bonchev–Trinajstić information content (AvgIpc) is 3.25. The fraction of sp³-hybridized carbons (Fsp3) is 0.565. The number of fused-ring (bicyclic) bond motifs is 1. The Bertz CT molecular complexity index is 1260. The molecule has 1 N–H and O–H groups in total. The van der Waals surface area contributed by atoms with Gasteiger partial charge in [-0.15, -0.1) is 0 Å². The molecule has 0 radical (unpaired) electrons. The number of benzene rings is 1. The standard InChI is InChI=1S/C23H32N6O4S/c1-28(2)15-21-25-22(27-33-21)23(12-8-4-5-9-13-23)26-20(30)14-29-18-11-7-6-10-17(18)24-19(29)16-34(3,31)32/h6-7,10-11H,4-5,8-9,12-16H2,1-3H3,(H,26,30). The predicted octanol–water partition coefficient (Wildman–Crippen LogP) is 2.39. The molecule has 184 valence electrons. The van der Waals surface area contributed by atoms with Gasteiger partial charge in [-0.25, -0.2) is 13.4 Å². The zero-order valence-electron chi connectivity index (χ0n) is 20.0. The molecule has 34 heavy (non-hydrogen) atoms. The van der Waals surface area contributed by atoms with Crippen molar-refractivity contribution in [2.45, 2.75) is 62.9 Å². The Balaban J connectivity index is 1.63. The Morgan fingerprint density at radius 3 is 2.53 bits per heavy atom. The van der Waals surface area contributed by atoms with Crippen LogP contribution in [-0.2, 0) is 39.0 Å². The lowest BCUT2D eigenvalue weighted by Gasteiger charge is -2.31. The molecule has 0 atom stereocenters. The SMILES string of the molecule is CN(C)Cc1nc(C2(NC(=O)Cn3c(CS(C)(=O)=O)nc4ccccc43)CCCCCC2)no1. The van der Waals surface area contributed by atoms with Gasteiger partial charge in [0, 0.05) is 6.26 Å². The molecule has 1 aromatic carbocycles. The fourth-order valence-electron chi connectivity index (χ4n) is 4.62. The van der Waals surface area contributed by atoms with Crippen LogP contribution in [0.2, 0.25) is 0 Å². The number of amides is 1. The summed E-state index contributed by atoms with van der Waals surface area (Å²) in [5.41, 5.74) is 0.665. The molecular formula is C23H32N6O4S. The molecule has 1 fully saturated rings. The van der Waals surface area contributed by atoms with E-state index < -0.39 is 15.4 Å². The van der Waals surface area contributed by atoms with E-state index in [1.807, 2.05) is 43.3 Å². The van der Waals surface area contributed by atoms with Gasteiger partial charge in [-0.3, -0.25) is 4.79 Å². The third-order valence-electron chi connectivity index (χ3n) is 6.11.